The summed E-state index contributed by atoms with van der Waals surface area (Å²) in [6, 6.07) is 25.9. The summed E-state index contributed by atoms with van der Waals surface area (Å²) in [7, 11) is 0. The molecule has 0 saturated carbocycles. The number of hydrogen-bond acceptors (Lipinski definition) is 3. The first-order valence-electron chi connectivity index (χ1n) is 9.58. The van der Waals surface area contributed by atoms with Crippen LogP contribution in [0.15, 0.2) is 84.9 Å². The molecule has 3 heteroatoms. The average Bonchev–Trinajstić information content (AvgIpc) is 2.76. The summed E-state index contributed by atoms with van der Waals surface area (Å²) in [5.41, 5.74) is 3.15. The van der Waals surface area contributed by atoms with Crippen LogP contribution in [-0.2, 0) is 13.2 Å². The molecular weight excluding hydrogens is 348 g/mol. The van der Waals surface area contributed by atoms with E-state index in [9.17, 15) is 5.11 Å². The summed E-state index contributed by atoms with van der Waals surface area (Å²) in [5, 5.41) is 9.81. The van der Waals surface area contributed by atoms with Crippen molar-refractivity contribution in [2.24, 2.45) is 0 Å². The molecule has 0 aliphatic rings. The molecule has 0 spiro atoms. The molecule has 3 aromatic rings. The summed E-state index contributed by atoms with van der Waals surface area (Å²) >= 11 is 0. The fourth-order valence-electron chi connectivity index (χ4n) is 2.70. The lowest BCUT2D eigenvalue weighted by atomic mass is 10.1. The Bertz CT molecular complexity index is 811. The summed E-state index contributed by atoms with van der Waals surface area (Å²) in [6.07, 6.45) is 3.91. The first-order chi connectivity index (χ1) is 13.7. The van der Waals surface area contributed by atoms with Crippen molar-refractivity contribution in [2.75, 3.05) is 0 Å². The van der Waals surface area contributed by atoms with E-state index < -0.39 is 6.10 Å². The number of hydrogen-bond donors (Lipinski definition) is 1. The Hall–Kier alpha value is -3.04. The van der Waals surface area contributed by atoms with Crippen LogP contribution in [0.3, 0.4) is 0 Å². The second-order valence-corrected chi connectivity index (χ2v) is 6.62. The predicted molar refractivity (Wildman–Crippen MR) is 113 cm³/mol. The maximum absolute atomic E-state index is 9.81. The van der Waals surface area contributed by atoms with Crippen LogP contribution in [0, 0.1) is 0 Å². The van der Waals surface area contributed by atoms with E-state index in [2.05, 4.69) is 0 Å². The van der Waals surface area contributed by atoms with Crippen LogP contribution < -0.4 is 9.47 Å². The first-order valence-corrected chi connectivity index (χ1v) is 9.58. The lowest BCUT2D eigenvalue weighted by Crippen LogP contribution is -1.99. The van der Waals surface area contributed by atoms with Crippen molar-refractivity contribution in [3.05, 3.63) is 102 Å². The van der Waals surface area contributed by atoms with Gasteiger partial charge in [-0.25, -0.2) is 0 Å². The topological polar surface area (TPSA) is 38.7 Å². The molecule has 3 nitrogen and oxygen atoms in total. The Labute approximate surface area is 166 Å². The minimum Gasteiger partial charge on any atom is -0.489 e. The van der Waals surface area contributed by atoms with Gasteiger partial charge in [0.1, 0.15) is 24.7 Å². The Morgan fingerprint density at radius 1 is 0.786 bits per heavy atom. The minimum atomic E-state index is -0.456. The van der Waals surface area contributed by atoms with E-state index in [4.69, 9.17) is 9.47 Å². The molecule has 3 rings (SSSR count). The molecule has 0 aliphatic carbocycles. The summed E-state index contributed by atoms with van der Waals surface area (Å²) < 4.78 is 12.0. The number of aliphatic hydroxyl groups excluding tert-OH is 1. The van der Waals surface area contributed by atoms with Gasteiger partial charge in [-0.1, -0.05) is 79.7 Å². The largest absolute Gasteiger partial charge is 0.489 e. The molecule has 0 heterocycles. The highest BCUT2D eigenvalue weighted by Crippen LogP contribution is 2.26. The van der Waals surface area contributed by atoms with E-state index in [1.165, 1.54) is 0 Å². The molecule has 0 saturated heterocycles. The standard InChI is InChI=1S/C25H26O3/c1-2-23(26)14-13-22-15-24(27-18-20-9-5-3-6-10-20)17-25(16-22)28-19-21-11-7-4-8-12-21/h3-17,23,26H,2,18-19H2,1H3/b14-13+. The van der Waals surface area contributed by atoms with Crippen LogP contribution >= 0.6 is 0 Å². The van der Waals surface area contributed by atoms with Crippen molar-refractivity contribution in [3.8, 4) is 11.5 Å². The van der Waals surface area contributed by atoms with E-state index in [0.717, 1.165) is 28.2 Å². The minimum absolute atomic E-state index is 0.456. The van der Waals surface area contributed by atoms with Crippen LogP contribution in [-0.4, -0.2) is 11.2 Å². The normalized spacial score (nSPS) is 12.1. The molecular formula is C25H26O3. The molecule has 0 amide bonds. The van der Waals surface area contributed by atoms with Gasteiger partial charge in [0.15, 0.2) is 0 Å². The van der Waals surface area contributed by atoms with Crippen molar-refractivity contribution in [1.82, 2.24) is 0 Å². The van der Waals surface area contributed by atoms with Gasteiger partial charge >= 0.3 is 0 Å². The third-order valence-corrected chi connectivity index (χ3v) is 4.33. The van der Waals surface area contributed by atoms with Gasteiger partial charge in [0.2, 0.25) is 0 Å². The maximum atomic E-state index is 9.81. The van der Waals surface area contributed by atoms with Gasteiger partial charge in [-0.15, -0.1) is 0 Å². The van der Waals surface area contributed by atoms with Gasteiger partial charge in [0, 0.05) is 6.07 Å². The lowest BCUT2D eigenvalue weighted by Gasteiger charge is -2.12. The van der Waals surface area contributed by atoms with Gasteiger partial charge in [0.25, 0.3) is 0 Å². The molecule has 28 heavy (non-hydrogen) atoms. The van der Waals surface area contributed by atoms with E-state index >= 15 is 0 Å². The third kappa shape index (κ3) is 6.29. The van der Waals surface area contributed by atoms with E-state index in [1.807, 2.05) is 91.9 Å². The van der Waals surface area contributed by atoms with Gasteiger partial charge in [-0.2, -0.15) is 0 Å². The highest BCUT2D eigenvalue weighted by atomic mass is 16.5. The van der Waals surface area contributed by atoms with Crippen LogP contribution in [0.5, 0.6) is 11.5 Å². The third-order valence-electron chi connectivity index (χ3n) is 4.33. The molecule has 144 valence electrons. The zero-order valence-corrected chi connectivity index (χ0v) is 16.1. The van der Waals surface area contributed by atoms with Crippen molar-refractivity contribution < 1.29 is 14.6 Å². The highest BCUT2D eigenvalue weighted by molar-refractivity contribution is 5.55. The monoisotopic (exact) mass is 374 g/mol. The molecule has 3 aromatic carbocycles. The van der Waals surface area contributed by atoms with Gasteiger partial charge in [-0.05, 0) is 35.2 Å². The first kappa shape index (κ1) is 19.7. The Kier molecular flexibility index (Phi) is 7.28. The summed E-state index contributed by atoms with van der Waals surface area (Å²) in [6.45, 7) is 2.93. The van der Waals surface area contributed by atoms with E-state index in [0.29, 0.717) is 19.6 Å². The van der Waals surface area contributed by atoms with Crippen LogP contribution in [0.25, 0.3) is 6.08 Å². The molecule has 0 fully saturated rings. The van der Waals surface area contributed by atoms with Crippen LogP contribution in [0.1, 0.15) is 30.0 Å². The highest BCUT2D eigenvalue weighted by Gasteiger charge is 2.04. The Balaban J connectivity index is 1.75. The molecule has 1 atom stereocenters. The van der Waals surface area contributed by atoms with Crippen molar-refractivity contribution >= 4 is 6.08 Å². The second kappa shape index (κ2) is 10.3. The molecule has 0 bridgehead atoms. The molecule has 1 N–H and O–H groups in total. The van der Waals surface area contributed by atoms with Crippen LogP contribution in [0.2, 0.25) is 0 Å². The van der Waals surface area contributed by atoms with Crippen molar-refractivity contribution in [2.45, 2.75) is 32.7 Å². The summed E-state index contributed by atoms with van der Waals surface area (Å²) in [5.74, 6) is 1.47. The van der Waals surface area contributed by atoms with Crippen molar-refractivity contribution in [3.63, 3.8) is 0 Å². The lowest BCUT2D eigenvalue weighted by molar-refractivity contribution is 0.220. The number of aliphatic hydroxyl groups is 1. The zero-order chi connectivity index (χ0) is 19.6. The fourth-order valence-corrected chi connectivity index (χ4v) is 2.70. The van der Waals surface area contributed by atoms with Gasteiger partial charge in [0.05, 0.1) is 6.10 Å². The summed E-state index contributed by atoms with van der Waals surface area (Å²) in [4.78, 5) is 0. The number of ether oxygens (including phenoxy) is 2. The molecule has 1 unspecified atom stereocenters. The van der Waals surface area contributed by atoms with E-state index in [-0.39, 0.29) is 0 Å². The van der Waals surface area contributed by atoms with Gasteiger partial charge in [-0.3, -0.25) is 0 Å². The molecule has 0 radical (unpaired) electrons. The molecule has 0 aliphatic heterocycles. The second-order valence-electron chi connectivity index (χ2n) is 6.62. The number of rotatable bonds is 9. The smallest absolute Gasteiger partial charge is 0.124 e. The van der Waals surface area contributed by atoms with Crippen LogP contribution in [0.4, 0.5) is 0 Å². The maximum Gasteiger partial charge on any atom is 0.124 e. The van der Waals surface area contributed by atoms with E-state index in [1.54, 1.807) is 6.08 Å². The fraction of sp³-hybridized carbons (Fsp3) is 0.200. The Morgan fingerprint density at radius 2 is 1.29 bits per heavy atom. The number of benzene rings is 3. The Morgan fingerprint density at radius 3 is 1.75 bits per heavy atom. The predicted octanol–water partition coefficient (Wildman–Crippen LogP) is 5.63. The van der Waals surface area contributed by atoms with Gasteiger partial charge < -0.3 is 14.6 Å². The molecule has 0 aromatic heterocycles. The van der Waals surface area contributed by atoms with Crippen molar-refractivity contribution in [1.29, 1.82) is 0 Å². The quantitative estimate of drug-likeness (QED) is 0.528. The average molecular weight is 374 g/mol. The zero-order valence-electron chi connectivity index (χ0n) is 16.1. The SMILES string of the molecule is CCC(O)/C=C/c1cc(OCc2ccccc2)cc(OCc2ccccc2)c1.